The van der Waals surface area contributed by atoms with Crippen molar-refractivity contribution in [3.8, 4) is 0 Å². The van der Waals surface area contributed by atoms with Crippen LogP contribution in [-0.4, -0.2) is 6.04 Å². The van der Waals surface area contributed by atoms with Crippen molar-refractivity contribution in [1.29, 1.82) is 0 Å². The average molecular weight is 203 g/mol. The van der Waals surface area contributed by atoms with Gasteiger partial charge in [0.1, 0.15) is 0 Å². The average Bonchev–Trinajstić information content (AvgIpc) is 3.02. The molecule has 1 unspecified atom stereocenters. The fourth-order valence-electron chi connectivity index (χ4n) is 1.99. The molecule has 82 valence electrons. The zero-order chi connectivity index (χ0) is 10.7. The second-order valence-corrected chi connectivity index (χ2v) is 4.97. The molecule has 15 heavy (non-hydrogen) atoms. The van der Waals surface area contributed by atoms with Crippen LogP contribution in [-0.2, 0) is 6.42 Å². The Kier molecular flexibility index (Phi) is 3.42. The molecule has 1 atom stereocenters. The number of hydrogen-bond donors (Lipinski definition) is 1. The Balaban J connectivity index is 1.76. The molecule has 2 rings (SSSR count). The van der Waals surface area contributed by atoms with Gasteiger partial charge in [0.15, 0.2) is 0 Å². The smallest absolute Gasteiger partial charge is 0.00794 e. The maximum Gasteiger partial charge on any atom is 0.00794 e. The van der Waals surface area contributed by atoms with Gasteiger partial charge < -0.3 is 5.73 Å². The van der Waals surface area contributed by atoms with Gasteiger partial charge in [-0.25, -0.2) is 0 Å². The second kappa shape index (κ2) is 4.80. The highest BCUT2D eigenvalue weighted by Gasteiger charge is 2.21. The molecule has 1 aromatic rings. The zero-order valence-electron chi connectivity index (χ0n) is 9.58. The highest BCUT2D eigenvalue weighted by molar-refractivity contribution is 5.21. The van der Waals surface area contributed by atoms with E-state index in [2.05, 4.69) is 31.2 Å². The standard InChI is InChI=1S/C14H21N/c1-11-2-4-13(5-3-11)10-14(15)9-8-12-6-7-12/h2-5,12,14H,6-10,15H2,1H3. The van der Waals surface area contributed by atoms with Crippen LogP contribution in [0.5, 0.6) is 0 Å². The summed E-state index contributed by atoms with van der Waals surface area (Å²) in [4.78, 5) is 0. The minimum absolute atomic E-state index is 0.355. The lowest BCUT2D eigenvalue weighted by Crippen LogP contribution is -2.22. The summed E-state index contributed by atoms with van der Waals surface area (Å²) in [5.74, 6) is 1.01. The van der Waals surface area contributed by atoms with Gasteiger partial charge in [-0.05, 0) is 37.7 Å². The SMILES string of the molecule is Cc1ccc(CC(N)CCC2CC2)cc1. The van der Waals surface area contributed by atoms with Crippen molar-refractivity contribution in [1.82, 2.24) is 0 Å². The monoisotopic (exact) mass is 203 g/mol. The lowest BCUT2D eigenvalue weighted by molar-refractivity contribution is 0.551. The number of benzene rings is 1. The Bertz CT molecular complexity index is 298. The van der Waals surface area contributed by atoms with Crippen LogP contribution in [0.2, 0.25) is 0 Å². The van der Waals surface area contributed by atoms with Gasteiger partial charge in [-0.1, -0.05) is 42.7 Å². The van der Waals surface area contributed by atoms with Crippen LogP contribution < -0.4 is 5.73 Å². The van der Waals surface area contributed by atoms with E-state index in [1.54, 1.807) is 0 Å². The van der Waals surface area contributed by atoms with E-state index in [9.17, 15) is 0 Å². The molecule has 0 amide bonds. The molecule has 1 aliphatic carbocycles. The first-order chi connectivity index (χ1) is 7.24. The minimum Gasteiger partial charge on any atom is -0.327 e. The number of nitrogens with two attached hydrogens (primary N) is 1. The van der Waals surface area contributed by atoms with E-state index in [1.807, 2.05) is 0 Å². The number of aryl methyl sites for hydroxylation is 1. The molecule has 1 fully saturated rings. The normalized spacial score (nSPS) is 17.7. The van der Waals surface area contributed by atoms with Crippen molar-refractivity contribution < 1.29 is 0 Å². The highest BCUT2D eigenvalue weighted by Crippen LogP contribution is 2.33. The van der Waals surface area contributed by atoms with E-state index in [0.717, 1.165) is 12.3 Å². The third kappa shape index (κ3) is 3.67. The molecular formula is C14H21N. The van der Waals surface area contributed by atoms with E-state index in [-0.39, 0.29) is 0 Å². The fourth-order valence-corrected chi connectivity index (χ4v) is 1.99. The quantitative estimate of drug-likeness (QED) is 0.782. The van der Waals surface area contributed by atoms with Crippen LogP contribution in [0.25, 0.3) is 0 Å². The summed E-state index contributed by atoms with van der Waals surface area (Å²) in [6.45, 7) is 2.12. The van der Waals surface area contributed by atoms with Crippen molar-refractivity contribution >= 4 is 0 Å². The number of hydrogen-bond acceptors (Lipinski definition) is 1. The van der Waals surface area contributed by atoms with Gasteiger partial charge in [-0.15, -0.1) is 0 Å². The summed E-state index contributed by atoms with van der Waals surface area (Å²) < 4.78 is 0. The van der Waals surface area contributed by atoms with E-state index in [0.29, 0.717) is 6.04 Å². The van der Waals surface area contributed by atoms with Crippen LogP contribution in [0, 0.1) is 12.8 Å². The Hall–Kier alpha value is -0.820. The van der Waals surface area contributed by atoms with Crippen LogP contribution in [0.15, 0.2) is 24.3 Å². The van der Waals surface area contributed by atoms with Gasteiger partial charge in [0.25, 0.3) is 0 Å². The summed E-state index contributed by atoms with van der Waals surface area (Å²) in [6.07, 6.45) is 6.45. The van der Waals surface area contributed by atoms with Crippen molar-refractivity contribution in [2.24, 2.45) is 11.7 Å². The molecule has 1 nitrogen and oxygen atoms in total. The zero-order valence-corrected chi connectivity index (χ0v) is 9.58. The maximum atomic E-state index is 6.12. The lowest BCUT2D eigenvalue weighted by atomic mass is 10.0. The fraction of sp³-hybridized carbons (Fsp3) is 0.571. The first kappa shape index (κ1) is 10.7. The van der Waals surface area contributed by atoms with Gasteiger partial charge in [0.05, 0.1) is 0 Å². The van der Waals surface area contributed by atoms with Gasteiger partial charge in [0.2, 0.25) is 0 Å². The summed E-state index contributed by atoms with van der Waals surface area (Å²) in [7, 11) is 0. The third-order valence-electron chi connectivity index (χ3n) is 3.26. The summed E-state index contributed by atoms with van der Waals surface area (Å²) in [6, 6.07) is 9.10. The molecule has 0 aliphatic heterocycles. The van der Waals surface area contributed by atoms with Crippen molar-refractivity contribution in [3.63, 3.8) is 0 Å². The van der Waals surface area contributed by atoms with E-state index in [1.165, 1.54) is 36.8 Å². The van der Waals surface area contributed by atoms with E-state index < -0.39 is 0 Å². The van der Waals surface area contributed by atoms with E-state index in [4.69, 9.17) is 5.73 Å². The second-order valence-electron chi connectivity index (χ2n) is 4.97. The maximum absolute atomic E-state index is 6.12. The largest absolute Gasteiger partial charge is 0.327 e. The number of rotatable bonds is 5. The highest BCUT2D eigenvalue weighted by atomic mass is 14.6. The predicted molar refractivity (Wildman–Crippen MR) is 64.8 cm³/mol. The first-order valence-electron chi connectivity index (χ1n) is 6.05. The molecule has 0 bridgehead atoms. The van der Waals surface area contributed by atoms with Gasteiger partial charge in [0, 0.05) is 6.04 Å². The molecule has 0 aromatic heterocycles. The molecule has 1 heteroatoms. The Morgan fingerprint density at radius 2 is 1.93 bits per heavy atom. The van der Waals surface area contributed by atoms with Crippen LogP contribution in [0.1, 0.15) is 36.8 Å². The predicted octanol–water partition coefficient (Wildman–Crippen LogP) is 3.06. The van der Waals surface area contributed by atoms with Crippen LogP contribution in [0.4, 0.5) is 0 Å². The Morgan fingerprint density at radius 3 is 2.53 bits per heavy atom. The molecule has 0 saturated heterocycles. The summed E-state index contributed by atoms with van der Waals surface area (Å²) in [5.41, 5.74) is 8.82. The Labute approximate surface area is 92.7 Å². The molecule has 0 radical (unpaired) electrons. The Morgan fingerprint density at radius 1 is 1.27 bits per heavy atom. The van der Waals surface area contributed by atoms with Crippen molar-refractivity contribution in [2.75, 3.05) is 0 Å². The molecule has 1 aliphatic rings. The van der Waals surface area contributed by atoms with Crippen LogP contribution >= 0.6 is 0 Å². The topological polar surface area (TPSA) is 26.0 Å². The molecule has 1 saturated carbocycles. The molecule has 2 N–H and O–H groups in total. The van der Waals surface area contributed by atoms with Gasteiger partial charge >= 0.3 is 0 Å². The summed E-state index contributed by atoms with van der Waals surface area (Å²) in [5, 5.41) is 0. The van der Waals surface area contributed by atoms with E-state index >= 15 is 0 Å². The van der Waals surface area contributed by atoms with Crippen molar-refractivity contribution in [2.45, 2.75) is 45.1 Å². The summed E-state index contributed by atoms with van der Waals surface area (Å²) >= 11 is 0. The minimum atomic E-state index is 0.355. The van der Waals surface area contributed by atoms with Crippen LogP contribution in [0.3, 0.4) is 0 Å². The molecular weight excluding hydrogens is 182 g/mol. The lowest BCUT2D eigenvalue weighted by Gasteiger charge is -2.11. The van der Waals surface area contributed by atoms with Gasteiger partial charge in [-0.3, -0.25) is 0 Å². The third-order valence-corrected chi connectivity index (χ3v) is 3.26. The van der Waals surface area contributed by atoms with Gasteiger partial charge in [-0.2, -0.15) is 0 Å². The first-order valence-corrected chi connectivity index (χ1v) is 6.05. The molecule has 0 heterocycles. The molecule has 0 spiro atoms. The van der Waals surface area contributed by atoms with Crippen molar-refractivity contribution in [3.05, 3.63) is 35.4 Å². The molecule has 1 aromatic carbocycles.